The fraction of sp³-hybridized carbons (Fsp3) is 0.588. The lowest BCUT2D eigenvalue weighted by Crippen LogP contribution is -2.45. The summed E-state index contributed by atoms with van der Waals surface area (Å²) in [5, 5.41) is 1.99. The molecule has 0 unspecified atom stereocenters. The van der Waals surface area contributed by atoms with Crippen LogP contribution in [0.2, 0.25) is 0 Å². The molecule has 0 radical (unpaired) electrons. The second kappa shape index (κ2) is 7.88. The number of hydrogen-bond donors (Lipinski definition) is 1. The maximum absolute atomic E-state index is 12.3. The highest BCUT2D eigenvalue weighted by molar-refractivity contribution is 5.82. The van der Waals surface area contributed by atoms with Gasteiger partial charge in [0.15, 0.2) is 0 Å². The molecule has 1 N–H and O–H groups in total. The van der Waals surface area contributed by atoms with Gasteiger partial charge >= 0.3 is 6.18 Å². The minimum absolute atomic E-state index is 0.0629. The summed E-state index contributed by atoms with van der Waals surface area (Å²) >= 11 is 0. The molecule has 1 heterocycles. The molecule has 1 fully saturated rings. The third kappa shape index (κ3) is 5.70. The van der Waals surface area contributed by atoms with Crippen molar-refractivity contribution in [3.05, 3.63) is 29.8 Å². The molecular weight excluding hydrogens is 321 g/mol. The second-order valence-corrected chi connectivity index (χ2v) is 6.28. The zero-order valence-corrected chi connectivity index (χ0v) is 13.9. The molecular formula is C17H23F3N2O2. The number of nitrogens with one attached hydrogen (secondary N) is 1. The molecule has 1 aliphatic rings. The van der Waals surface area contributed by atoms with Crippen LogP contribution in [0.5, 0.6) is 5.75 Å². The van der Waals surface area contributed by atoms with E-state index in [1.807, 2.05) is 48.3 Å². The van der Waals surface area contributed by atoms with Gasteiger partial charge in [-0.2, -0.15) is 13.2 Å². The van der Waals surface area contributed by atoms with E-state index in [1.165, 1.54) is 0 Å². The van der Waals surface area contributed by atoms with Crippen molar-refractivity contribution in [1.29, 1.82) is 0 Å². The van der Waals surface area contributed by atoms with Crippen molar-refractivity contribution in [2.45, 2.75) is 51.6 Å². The zero-order chi connectivity index (χ0) is 17.7. The summed E-state index contributed by atoms with van der Waals surface area (Å²) in [5.74, 6) is 0.194. The summed E-state index contributed by atoms with van der Waals surface area (Å²) < 4.78 is 42.4. The standard InChI is InChI=1S/C17H23F3N2O2/c1-12(2)24-14-6-3-5-13(9-14)10-22-8-4-7-15(22)16(23)21-11-17(18,19)20/h3,5-6,9,12,15H,4,7-8,10-11H2,1-2H3,(H,21,23)/t15-/m1/s1. The predicted octanol–water partition coefficient (Wildman–Crippen LogP) is 3.12. The Morgan fingerprint density at radius 2 is 2.17 bits per heavy atom. The largest absolute Gasteiger partial charge is 0.491 e. The van der Waals surface area contributed by atoms with E-state index in [0.29, 0.717) is 19.5 Å². The van der Waals surface area contributed by atoms with Crippen LogP contribution in [0.4, 0.5) is 13.2 Å². The van der Waals surface area contributed by atoms with E-state index in [2.05, 4.69) is 0 Å². The maximum atomic E-state index is 12.3. The van der Waals surface area contributed by atoms with Gasteiger partial charge in [0.05, 0.1) is 12.1 Å². The van der Waals surface area contributed by atoms with Crippen LogP contribution in [-0.4, -0.2) is 42.2 Å². The zero-order valence-electron chi connectivity index (χ0n) is 13.9. The molecule has 1 atom stereocenters. The van der Waals surface area contributed by atoms with Crippen LogP contribution in [0, 0.1) is 0 Å². The summed E-state index contributed by atoms with van der Waals surface area (Å²) in [6.07, 6.45) is -2.95. The van der Waals surface area contributed by atoms with Crippen molar-refractivity contribution in [2.75, 3.05) is 13.1 Å². The number of nitrogens with zero attached hydrogens (tertiary/aromatic N) is 1. The number of halogens is 3. The average molecular weight is 344 g/mol. The van der Waals surface area contributed by atoms with Gasteiger partial charge in [0.2, 0.25) is 5.91 Å². The van der Waals surface area contributed by atoms with Crippen molar-refractivity contribution in [1.82, 2.24) is 10.2 Å². The van der Waals surface area contributed by atoms with Gasteiger partial charge in [-0.05, 0) is 50.9 Å². The number of carbonyl (C=O) groups excluding carboxylic acids is 1. The van der Waals surface area contributed by atoms with E-state index >= 15 is 0 Å². The lowest BCUT2D eigenvalue weighted by atomic mass is 10.1. The van der Waals surface area contributed by atoms with Crippen LogP contribution >= 0.6 is 0 Å². The first-order chi connectivity index (χ1) is 11.2. The van der Waals surface area contributed by atoms with Crippen molar-refractivity contribution < 1.29 is 22.7 Å². The predicted molar refractivity (Wildman–Crippen MR) is 84.7 cm³/mol. The molecule has 0 saturated carbocycles. The highest BCUT2D eigenvalue weighted by Gasteiger charge is 2.34. The molecule has 134 valence electrons. The Bertz CT molecular complexity index is 561. The maximum Gasteiger partial charge on any atom is 0.405 e. The van der Waals surface area contributed by atoms with E-state index in [4.69, 9.17) is 4.74 Å². The van der Waals surface area contributed by atoms with Gasteiger partial charge in [-0.25, -0.2) is 0 Å². The minimum atomic E-state index is -4.39. The summed E-state index contributed by atoms with van der Waals surface area (Å²) in [4.78, 5) is 13.9. The molecule has 0 bridgehead atoms. The van der Waals surface area contributed by atoms with Crippen LogP contribution in [0.15, 0.2) is 24.3 Å². The molecule has 1 aliphatic heterocycles. The number of hydrogen-bond acceptors (Lipinski definition) is 3. The Morgan fingerprint density at radius 1 is 1.42 bits per heavy atom. The number of amides is 1. The van der Waals surface area contributed by atoms with Gasteiger partial charge < -0.3 is 10.1 Å². The van der Waals surface area contributed by atoms with Gasteiger partial charge in [-0.3, -0.25) is 9.69 Å². The average Bonchev–Trinajstić information content (AvgIpc) is 2.92. The Balaban J connectivity index is 1.97. The fourth-order valence-electron chi connectivity index (χ4n) is 2.84. The Morgan fingerprint density at radius 3 is 2.83 bits per heavy atom. The van der Waals surface area contributed by atoms with Gasteiger partial charge in [-0.15, -0.1) is 0 Å². The van der Waals surface area contributed by atoms with E-state index in [0.717, 1.165) is 17.7 Å². The highest BCUT2D eigenvalue weighted by Crippen LogP contribution is 2.23. The van der Waals surface area contributed by atoms with Gasteiger partial charge in [-0.1, -0.05) is 12.1 Å². The number of benzene rings is 1. The van der Waals surface area contributed by atoms with Crippen molar-refractivity contribution in [3.8, 4) is 5.75 Å². The van der Waals surface area contributed by atoms with Crippen LogP contribution in [-0.2, 0) is 11.3 Å². The monoisotopic (exact) mass is 344 g/mol. The Hall–Kier alpha value is -1.76. The lowest BCUT2D eigenvalue weighted by Gasteiger charge is -2.24. The fourth-order valence-corrected chi connectivity index (χ4v) is 2.84. The van der Waals surface area contributed by atoms with Crippen molar-refractivity contribution in [2.24, 2.45) is 0 Å². The molecule has 24 heavy (non-hydrogen) atoms. The van der Waals surface area contributed by atoms with E-state index < -0.39 is 24.7 Å². The molecule has 0 spiro atoms. The smallest absolute Gasteiger partial charge is 0.405 e. The highest BCUT2D eigenvalue weighted by atomic mass is 19.4. The summed E-state index contributed by atoms with van der Waals surface area (Å²) in [6.45, 7) is 3.80. The van der Waals surface area contributed by atoms with E-state index in [1.54, 1.807) is 0 Å². The molecule has 2 rings (SSSR count). The SMILES string of the molecule is CC(C)Oc1cccc(CN2CCC[C@@H]2C(=O)NCC(F)(F)F)c1. The number of rotatable bonds is 6. The van der Waals surface area contributed by atoms with Crippen LogP contribution in [0.3, 0.4) is 0 Å². The molecule has 1 amide bonds. The topological polar surface area (TPSA) is 41.6 Å². The van der Waals surface area contributed by atoms with E-state index in [-0.39, 0.29) is 6.10 Å². The van der Waals surface area contributed by atoms with Gasteiger partial charge in [0.25, 0.3) is 0 Å². The Labute approximate surface area is 140 Å². The Kier molecular flexibility index (Phi) is 6.10. The molecule has 4 nitrogen and oxygen atoms in total. The number of likely N-dealkylation sites (tertiary alicyclic amines) is 1. The molecule has 1 saturated heterocycles. The van der Waals surface area contributed by atoms with Crippen LogP contribution < -0.4 is 10.1 Å². The minimum Gasteiger partial charge on any atom is -0.491 e. The first-order valence-corrected chi connectivity index (χ1v) is 8.09. The van der Waals surface area contributed by atoms with Crippen LogP contribution in [0.1, 0.15) is 32.3 Å². The summed E-state index contributed by atoms with van der Waals surface area (Å²) in [5.41, 5.74) is 0.976. The van der Waals surface area contributed by atoms with Gasteiger partial charge in [0, 0.05) is 6.54 Å². The van der Waals surface area contributed by atoms with Gasteiger partial charge in [0.1, 0.15) is 12.3 Å². The molecule has 0 aromatic heterocycles. The number of alkyl halides is 3. The third-order valence-electron chi connectivity index (χ3n) is 3.79. The first kappa shape index (κ1) is 18.6. The van der Waals surface area contributed by atoms with E-state index in [9.17, 15) is 18.0 Å². The van der Waals surface area contributed by atoms with Crippen LogP contribution in [0.25, 0.3) is 0 Å². The quantitative estimate of drug-likeness (QED) is 0.862. The summed E-state index contributed by atoms with van der Waals surface area (Å²) in [7, 11) is 0. The normalized spacial score (nSPS) is 18.8. The molecule has 1 aromatic carbocycles. The summed E-state index contributed by atoms with van der Waals surface area (Å²) in [6, 6.07) is 7.06. The second-order valence-electron chi connectivity index (χ2n) is 6.28. The third-order valence-corrected chi connectivity index (χ3v) is 3.79. The van der Waals surface area contributed by atoms with Crippen molar-refractivity contribution >= 4 is 5.91 Å². The number of ether oxygens (including phenoxy) is 1. The van der Waals surface area contributed by atoms with Crippen molar-refractivity contribution in [3.63, 3.8) is 0 Å². The number of carbonyl (C=O) groups is 1. The molecule has 1 aromatic rings. The first-order valence-electron chi connectivity index (χ1n) is 8.09. The lowest BCUT2D eigenvalue weighted by molar-refractivity contribution is -0.141. The molecule has 0 aliphatic carbocycles. The molecule has 7 heteroatoms.